The van der Waals surface area contributed by atoms with Crippen molar-refractivity contribution in [2.75, 3.05) is 5.32 Å². The molecule has 112 valence electrons. The Morgan fingerprint density at radius 2 is 1.67 bits per heavy atom. The maximum atomic E-state index is 12.0. The van der Waals surface area contributed by atoms with Crippen molar-refractivity contribution < 1.29 is 17.9 Å². The lowest BCUT2D eigenvalue weighted by Crippen LogP contribution is -2.17. The molecule has 21 heavy (non-hydrogen) atoms. The zero-order valence-corrected chi connectivity index (χ0v) is 12.1. The standard InChI is InChI=1S/C14H10Cl2F3NO/c15-12-3-1-2-9(13(12)16)8-20-10-4-6-11(7-5-10)21-14(17,18)19/h1-7,20H,8H2. The molecule has 1 N–H and O–H groups in total. The first kappa shape index (κ1) is 15.8. The van der Waals surface area contributed by atoms with Gasteiger partial charge in [-0.2, -0.15) is 0 Å². The quantitative estimate of drug-likeness (QED) is 0.796. The van der Waals surface area contributed by atoms with Gasteiger partial charge in [-0.25, -0.2) is 0 Å². The van der Waals surface area contributed by atoms with Crippen LogP contribution in [0, 0.1) is 0 Å². The molecule has 2 nitrogen and oxygen atoms in total. The lowest BCUT2D eigenvalue weighted by atomic mass is 10.2. The summed E-state index contributed by atoms with van der Waals surface area (Å²) < 4.78 is 39.9. The Morgan fingerprint density at radius 3 is 2.29 bits per heavy atom. The number of benzene rings is 2. The molecule has 0 fully saturated rings. The van der Waals surface area contributed by atoms with Crippen LogP contribution in [0.15, 0.2) is 42.5 Å². The Labute approximate surface area is 129 Å². The summed E-state index contributed by atoms with van der Waals surface area (Å²) in [4.78, 5) is 0. The van der Waals surface area contributed by atoms with Gasteiger partial charge in [0.05, 0.1) is 10.0 Å². The smallest absolute Gasteiger partial charge is 0.406 e. The Morgan fingerprint density at radius 1 is 1.00 bits per heavy atom. The summed E-state index contributed by atoms with van der Waals surface area (Å²) in [7, 11) is 0. The summed E-state index contributed by atoms with van der Waals surface area (Å²) in [5, 5.41) is 3.94. The molecule has 7 heteroatoms. The zero-order chi connectivity index (χ0) is 15.5. The third-order valence-corrected chi connectivity index (χ3v) is 3.46. The summed E-state index contributed by atoms with van der Waals surface area (Å²) in [5.74, 6) is -0.270. The van der Waals surface area contributed by atoms with Crippen LogP contribution in [0.4, 0.5) is 18.9 Å². The van der Waals surface area contributed by atoms with Crippen molar-refractivity contribution in [1.82, 2.24) is 0 Å². The van der Waals surface area contributed by atoms with E-state index in [0.29, 0.717) is 22.3 Å². The van der Waals surface area contributed by atoms with Gasteiger partial charge < -0.3 is 10.1 Å². The predicted octanol–water partition coefficient (Wildman–Crippen LogP) is 5.50. The van der Waals surface area contributed by atoms with Gasteiger partial charge >= 0.3 is 6.36 Å². The van der Waals surface area contributed by atoms with Crippen LogP contribution in [0.3, 0.4) is 0 Å². The molecule has 0 amide bonds. The molecule has 0 bridgehead atoms. The van der Waals surface area contributed by atoms with Gasteiger partial charge in [-0.1, -0.05) is 35.3 Å². The number of nitrogens with one attached hydrogen (secondary N) is 1. The highest BCUT2D eigenvalue weighted by molar-refractivity contribution is 6.42. The van der Waals surface area contributed by atoms with Crippen molar-refractivity contribution in [1.29, 1.82) is 0 Å². The fourth-order valence-electron chi connectivity index (χ4n) is 1.66. The molecule has 2 rings (SSSR count). The van der Waals surface area contributed by atoms with E-state index in [2.05, 4.69) is 10.1 Å². The second kappa shape index (κ2) is 6.45. The first-order valence-electron chi connectivity index (χ1n) is 5.88. The fraction of sp³-hybridized carbons (Fsp3) is 0.143. The molecule has 2 aromatic rings. The van der Waals surface area contributed by atoms with E-state index in [-0.39, 0.29) is 5.75 Å². The third-order valence-electron chi connectivity index (χ3n) is 2.60. The van der Waals surface area contributed by atoms with Crippen molar-refractivity contribution in [2.24, 2.45) is 0 Å². The number of rotatable bonds is 4. The van der Waals surface area contributed by atoms with Crippen molar-refractivity contribution >= 4 is 28.9 Å². The number of hydrogen-bond acceptors (Lipinski definition) is 2. The molecule has 0 saturated heterocycles. The van der Waals surface area contributed by atoms with Gasteiger partial charge in [0.25, 0.3) is 0 Å². The molecule has 0 atom stereocenters. The van der Waals surface area contributed by atoms with Crippen LogP contribution >= 0.6 is 23.2 Å². The number of alkyl halides is 3. The Bertz CT molecular complexity index is 615. The van der Waals surface area contributed by atoms with E-state index < -0.39 is 6.36 Å². The minimum atomic E-state index is -4.69. The van der Waals surface area contributed by atoms with E-state index in [1.165, 1.54) is 24.3 Å². The Kier molecular flexibility index (Phi) is 4.85. The predicted molar refractivity (Wildman–Crippen MR) is 76.9 cm³/mol. The van der Waals surface area contributed by atoms with Crippen LogP contribution < -0.4 is 10.1 Å². The van der Waals surface area contributed by atoms with Crippen molar-refractivity contribution in [2.45, 2.75) is 12.9 Å². The van der Waals surface area contributed by atoms with Gasteiger partial charge in [0.15, 0.2) is 0 Å². The van der Waals surface area contributed by atoms with Gasteiger partial charge in [-0.3, -0.25) is 0 Å². The Hall–Kier alpha value is -1.59. The molecule has 0 aliphatic heterocycles. The minimum Gasteiger partial charge on any atom is -0.406 e. The number of anilines is 1. The maximum absolute atomic E-state index is 12.0. The molecule has 0 spiro atoms. The number of hydrogen-bond donors (Lipinski definition) is 1. The number of halogens is 5. The van der Waals surface area contributed by atoms with Crippen LogP contribution in [-0.4, -0.2) is 6.36 Å². The summed E-state index contributed by atoms with van der Waals surface area (Å²) >= 11 is 11.9. The molecule has 0 aliphatic rings. The van der Waals surface area contributed by atoms with E-state index in [1.807, 2.05) is 6.07 Å². The maximum Gasteiger partial charge on any atom is 0.573 e. The third kappa shape index (κ3) is 4.72. The number of ether oxygens (including phenoxy) is 1. The average molecular weight is 336 g/mol. The summed E-state index contributed by atoms with van der Waals surface area (Å²) in [6.45, 7) is 0.402. The normalized spacial score (nSPS) is 11.3. The van der Waals surface area contributed by atoms with Crippen molar-refractivity contribution in [3.63, 3.8) is 0 Å². The lowest BCUT2D eigenvalue weighted by molar-refractivity contribution is -0.274. The van der Waals surface area contributed by atoms with Gasteiger partial charge in [0.1, 0.15) is 5.75 Å². The van der Waals surface area contributed by atoms with E-state index in [1.54, 1.807) is 12.1 Å². The summed E-state index contributed by atoms with van der Waals surface area (Å²) in [6.07, 6.45) is -4.69. The van der Waals surface area contributed by atoms with Crippen molar-refractivity contribution in [3.8, 4) is 5.75 Å². The van der Waals surface area contributed by atoms with Gasteiger partial charge in [-0.15, -0.1) is 13.2 Å². The fourth-order valence-corrected chi connectivity index (χ4v) is 2.04. The summed E-state index contributed by atoms with van der Waals surface area (Å²) in [6, 6.07) is 10.7. The van der Waals surface area contributed by atoms with Gasteiger partial charge in [0.2, 0.25) is 0 Å². The molecular weight excluding hydrogens is 326 g/mol. The largest absolute Gasteiger partial charge is 0.573 e. The molecule has 0 aliphatic carbocycles. The van der Waals surface area contributed by atoms with Crippen LogP contribution in [0.5, 0.6) is 5.75 Å². The molecule has 2 aromatic carbocycles. The van der Waals surface area contributed by atoms with E-state index in [9.17, 15) is 13.2 Å². The molecule has 0 saturated carbocycles. The Balaban J connectivity index is 1.99. The highest BCUT2D eigenvalue weighted by Gasteiger charge is 2.30. The average Bonchev–Trinajstić information content (AvgIpc) is 2.40. The molecule has 0 heterocycles. The minimum absolute atomic E-state index is 0.270. The summed E-state index contributed by atoms with van der Waals surface area (Å²) in [5.41, 5.74) is 1.43. The second-order valence-corrected chi connectivity index (χ2v) is 4.92. The highest BCUT2D eigenvalue weighted by atomic mass is 35.5. The lowest BCUT2D eigenvalue weighted by Gasteiger charge is -2.11. The first-order chi connectivity index (χ1) is 9.85. The highest BCUT2D eigenvalue weighted by Crippen LogP contribution is 2.27. The van der Waals surface area contributed by atoms with Crippen molar-refractivity contribution in [3.05, 3.63) is 58.1 Å². The first-order valence-corrected chi connectivity index (χ1v) is 6.63. The zero-order valence-electron chi connectivity index (χ0n) is 10.5. The molecular formula is C14H10Cl2F3NO. The van der Waals surface area contributed by atoms with E-state index in [0.717, 1.165) is 5.56 Å². The van der Waals surface area contributed by atoms with Gasteiger partial charge in [0, 0.05) is 12.2 Å². The van der Waals surface area contributed by atoms with Crippen LogP contribution in [-0.2, 0) is 6.54 Å². The van der Waals surface area contributed by atoms with Crippen LogP contribution in [0.1, 0.15) is 5.56 Å². The van der Waals surface area contributed by atoms with Crippen LogP contribution in [0.25, 0.3) is 0 Å². The second-order valence-electron chi connectivity index (χ2n) is 4.14. The monoisotopic (exact) mass is 335 g/mol. The molecule has 0 unspecified atom stereocenters. The van der Waals surface area contributed by atoms with E-state index in [4.69, 9.17) is 23.2 Å². The molecule has 0 aromatic heterocycles. The molecule has 0 radical (unpaired) electrons. The van der Waals surface area contributed by atoms with E-state index >= 15 is 0 Å². The topological polar surface area (TPSA) is 21.3 Å². The SMILES string of the molecule is FC(F)(F)Oc1ccc(NCc2cccc(Cl)c2Cl)cc1. The van der Waals surface area contributed by atoms with Crippen LogP contribution in [0.2, 0.25) is 10.0 Å². The van der Waals surface area contributed by atoms with Gasteiger partial charge in [-0.05, 0) is 35.9 Å².